The Morgan fingerprint density at radius 3 is 2.63 bits per heavy atom. The summed E-state index contributed by atoms with van der Waals surface area (Å²) >= 11 is 5.21. The Balaban J connectivity index is 1.76. The molecular weight excluding hydrogens is 358 g/mol. The number of amides is 1. The normalized spacial score (nSPS) is 11.0. The van der Waals surface area contributed by atoms with Crippen LogP contribution >= 0.6 is 12.2 Å². The first kappa shape index (κ1) is 19.0. The van der Waals surface area contributed by atoms with Gasteiger partial charge in [-0.15, -0.1) is 0 Å². The third kappa shape index (κ3) is 4.71. The van der Waals surface area contributed by atoms with Crippen LogP contribution in [0, 0.1) is 19.8 Å². The smallest absolute Gasteiger partial charge is 0.227 e. The lowest BCUT2D eigenvalue weighted by Crippen LogP contribution is -2.34. The fourth-order valence-corrected chi connectivity index (χ4v) is 2.95. The van der Waals surface area contributed by atoms with Crippen molar-refractivity contribution in [2.75, 3.05) is 5.32 Å². The van der Waals surface area contributed by atoms with Gasteiger partial charge in [0.25, 0.3) is 0 Å². The topological polar surface area (TPSA) is 67.2 Å². The fourth-order valence-electron chi connectivity index (χ4n) is 2.71. The van der Waals surface area contributed by atoms with Gasteiger partial charge in [-0.25, -0.2) is 4.98 Å². The van der Waals surface area contributed by atoms with Crippen molar-refractivity contribution in [2.45, 2.75) is 34.1 Å². The summed E-state index contributed by atoms with van der Waals surface area (Å²) in [6, 6.07) is 11.7. The van der Waals surface area contributed by atoms with Crippen LogP contribution in [0.4, 0.5) is 5.69 Å². The number of rotatable bonds is 4. The van der Waals surface area contributed by atoms with Gasteiger partial charge in [0.15, 0.2) is 10.7 Å². The van der Waals surface area contributed by atoms with Crippen molar-refractivity contribution in [3.8, 4) is 11.5 Å². The third-order valence-electron chi connectivity index (χ3n) is 4.25. The molecule has 1 amide bonds. The van der Waals surface area contributed by atoms with E-state index in [1.165, 1.54) is 11.1 Å². The van der Waals surface area contributed by atoms with Gasteiger partial charge in [0.05, 0.1) is 0 Å². The van der Waals surface area contributed by atoms with E-state index in [1.54, 1.807) is 0 Å². The standard InChI is InChI=1S/C21H23N3O2S/c1-12(2)9-19(25)24-21(27)22-16-7-8-18-17(11-16)23-20(26-18)15-6-5-13(3)14(4)10-15/h5-8,10-12H,9H2,1-4H3,(H2,22,24,25,27). The second-order valence-electron chi connectivity index (χ2n) is 7.10. The summed E-state index contributed by atoms with van der Waals surface area (Å²) in [6.07, 6.45) is 0.434. The van der Waals surface area contributed by atoms with Crippen molar-refractivity contribution < 1.29 is 9.21 Å². The summed E-state index contributed by atoms with van der Waals surface area (Å²) in [5.41, 5.74) is 5.54. The Labute approximate surface area is 164 Å². The number of hydrogen-bond donors (Lipinski definition) is 2. The second-order valence-corrected chi connectivity index (χ2v) is 7.51. The van der Waals surface area contributed by atoms with Crippen molar-refractivity contribution in [3.05, 3.63) is 47.5 Å². The van der Waals surface area contributed by atoms with E-state index in [1.807, 2.05) is 38.1 Å². The molecular formula is C21H23N3O2S. The van der Waals surface area contributed by atoms with E-state index in [2.05, 4.69) is 41.6 Å². The maximum atomic E-state index is 11.8. The van der Waals surface area contributed by atoms with E-state index in [9.17, 15) is 4.79 Å². The number of carbonyl (C=O) groups excluding carboxylic acids is 1. The molecule has 2 N–H and O–H groups in total. The number of carbonyl (C=O) groups is 1. The Morgan fingerprint density at radius 2 is 1.93 bits per heavy atom. The van der Waals surface area contributed by atoms with E-state index < -0.39 is 0 Å². The summed E-state index contributed by atoms with van der Waals surface area (Å²) in [7, 11) is 0. The fraction of sp³-hybridized carbons (Fsp3) is 0.286. The van der Waals surface area contributed by atoms with Crippen LogP contribution in [-0.4, -0.2) is 16.0 Å². The van der Waals surface area contributed by atoms with Gasteiger partial charge in [-0.2, -0.15) is 0 Å². The number of hydrogen-bond acceptors (Lipinski definition) is 4. The molecule has 0 aliphatic rings. The van der Waals surface area contributed by atoms with Gasteiger partial charge < -0.3 is 15.1 Å². The van der Waals surface area contributed by atoms with Crippen molar-refractivity contribution in [2.24, 2.45) is 5.92 Å². The highest BCUT2D eigenvalue weighted by atomic mass is 32.1. The zero-order chi connectivity index (χ0) is 19.6. The van der Waals surface area contributed by atoms with Crippen LogP contribution in [0.1, 0.15) is 31.4 Å². The predicted molar refractivity (Wildman–Crippen MR) is 113 cm³/mol. The molecule has 0 spiro atoms. The Kier molecular flexibility index (Phi) is 5.56. The van der Waals surface area contributed by atoms with E-state index >= 15 is 0 Å². The molecule has 0 bridgehead atoms. The van der Waals surface area contributed by atoms with Gasteiger partial charge in [-0.05, 0) is 73.4 Å². The second kappa shape index (κ2) is 7.88. The van der Waals surface area contributed by atoms with E-state index in [0.29, 0.717) is 17.9 Å². The van der Waals surface area contributed by atoms with Crippen molar-refractivity contribution in [3.63, 3.8) is 0 Å². The van der Waals surface area contributed by atoms with Gasteiger partial charge in [-0.1, -0.05) is 19.9 Å². The van der Waals surface area contributed by atoms with Gasteiger partial charge in [0.1, 0.15) is 5.52 Å². The van der Waals surface area contributed by atoms with Gasteiger partial charge in [0.2, 0.25) is 11.8 Å². The minimum atomic E-state index is -0.0953. The molecule has 0 saturated carbocycles. The minimum absolute atomic E-state index is 0.0953. The van der Waals surface area contributed by atoms with E-state index in [4.69, 9.17) is 16.6 Å². The summed E-state index contributed by atoms with van der Waals surface area (Å²) in [5, 5.41) is 5.99. The number of fused-ring (bicyclic) bond motifs is 1. The molecule has 1 aromatic heterocycles. The number of aromatic nitrogens is 1. The molecule has 0 fully saturated rings. The predicted octanol–water partition coefficient (Wildman–Crippen LogP) is 4.97. The van der Waals surface area contributed by atoms with Crippen LogP contribution in [0.15, 0.2) is 40.8 Å². The molecule has 3 rings (SSSR count). The molecule has 0 unspecified atom stereocenters. The molecule has 3 aromatic rings. The Morgan fingerprint density at radius 1 is 1.15 bits per heavy atom. The van der Waals surface area contributed by atoms with Crippen LogP contribution in [0.5, 0.6) is 0 Å². The van der Waals surface area contributed by atoms with Gasteiger partial charge in [-0.3, -0.25) is 4.79 Å². The molecule has 0 radical (unpaired) electrons. The number of anilines is 1. The lowest BCUT2D eigenvalue weighted by atomic mass is 10.1. The largest absolute Gasteiger partial charge is 0.436 e. The van der Waals surface area contributed by atoms with Crippen LogP contribution < -0.4 is 10.6 Å². The summed E-state index contributed by atoms with van der Waals surface area (Å²) < 4.78 is 5.88. The maximum Gasteiger partial charge on any atom is 0.227 e. The summed E-state index contributed by atoms with van der Waals surface area (Å²) in [4.78, 5) is 16.4. The highest BCUT2D eigenvalue weighted by Crippen LogP contribution is 2.27. The summed E-state index contributed by atoms with van der Waals surface area (Å²) in [6.45, 7) is 8.12. The number of nitrogens with one attached hydrogen (secondary N) is 2. The van der Waals surface area contributed by atoms with E-state index in [0.717, 1.165) is 16.8 Å². The number of benzene rings is 2. The number of thiocarbonyl (C=S) groups is 1. The van der Waals surface area contributed by atoms with Gasteiger partial charge in [0, 0.05) is 17.7 Å². The first-order valence-electron chi connectivity index (χ1n) is 8.91. The van der Waals surface area contributed by atoms with Crippen LogP contribution in [0.25, 0.3) is 22.6 Å². The van der Waals surface area contributed by atoms with Crippen LogP contribution in [0.2, 0.25) is 0 Å². The number of nitrogens with zero attached hydrogens (tertiary/aromatic N) is 1. The average molecular weight is 382 g/mol. The zero-order valence-corrected chi connectivity index (χ0v) is 16.7. The monoisotopic (exact) mass is 381 g/mol. The Bertz CT molecular complexity index is 1010. The number of oxazole rings is 1. The minimum Gasteiger partial charge on any atom is -0.436 e. The molecule has 0 aliphatic heterocycles. The van der Waals surface area contributed by atoms with Crippen molar-refractivity contribution >= 4 is 40.0 Å². The molecule has 140 valence electrons. The average Bonchev–Trinajstić information content (AvgIpc) is 2.99. The molecule has 0 aliphatic carbocycles. The first-order valence-corrected chi connectivity index (χ1v) is 9.31. The lowest BCUT2D eigenvalue weighted by molar-refractivity contribution is -0.120. The molecule has 6 heteroatoms. The van der Waals surface area contributed by atoms with Crippen molar-refractivity contribution in [1.29, 1.82) is 0 Å². The SMILES string of the molecule is Cc1ccc(-c2nc3cc(NC(=S)NC(=O)CC(C)C)ccc3o2)cc1C. The number of aryl methyl sites for hydroxylation is 2. The lowest BCUT2D eigenvalue weighted by Gasteiger charge is -2.10. The zero-order valence-electron chi connectivity index (χ0n) is 15.9. The first-order chi connectivity index (χ1) is 12.8. The van der Waals surface area contributed by atoms with Crippen molar-refractivity contribution in [1.82, 2.24) is 10.3 Å². The third-order valence-corrected chi connectivity index (χ3v) is 4.45. The molecule has 27 heavy (non-hydrogen) atoms. The maximum absolute atomic E-state index is 11.8. The summed E-state index contributed by atoms with van der Waals surface area (Å²) in [5.74, 6) is 0.767. The molecule has 0 saturated heterocycles. The highest BCUT2D eigenvalue weighted by molar-refractivity contribution is 7.80. The van der Waals surface area contributed by atoms with E-state index in [-0.39, 0.29) is 16.9 Å². The van der Waals surface area contributed by atoms with Crippen LogP contribution in [0.3, 0.4) is 0 Å². The quantitative estimate of drug-likeness (QED) is 0.625. The Hall–Kier alpha value is -2.73. The van der Waals surface area contributed by atoms with Crippen LogP contribution in [-0.2, 0) is 4.79 Å². The molecule has 1 heterocycles. The molecule has 5 nitrogen and oxygen atoms in total. The molecule has 0 atom stereocenters. The van der Waals surface area contributed by atoms with Gasteiger partial charge >= 0.3 is 0 Å². The molecule has 2 aromatic carbocycles. The highest BCUT2D eigenvalue weighted by Gasteiger charge is 2.11.